The summed E-state index contributed by atoms with van der Waals surface area (Å²) in [6.07, 6.45) is 0. The topological polar surface area (TPSA) is 138 Å². The number of carbonyl (C=O) groups is 1. The molecule has 0 saturated heterocycles. The second-order valence-electron chi connectivity index (χ2n) is 6.86. The standard InChI is InChI=1S/C22H20F2N5O2PS/c23-14-3-1-11(7-15(14)24)9-28-22(31)18(20(30)19(26)12-5-6-33-10-12)21(27)29-16-4-2-13(25)8-17(16)32/h1-8,10,26,30H,9,25,32H2,(H2,27,29)(H,28,31)/b20-18+,26-19?. The Labute approximate surface area is 194 Å². The van der Waals surface area contributed by atoms with Gasteiger partial charge in [-0.3, -0.25) is 10.2 Å². The van der Waals surface area contributed by atoms with Crippen LogP contribution < -0.4 is 22.1 Å². The van der Waals surface area contributed by atoms with Gasteiger partial charge in [0.15, 0.2) is 17.4 Å². The second kappa shape index (κ2) is 10.3. The molecule has 7 nitrogen and oxygen atoms in total. The first-order chi connectivity index (χ1) is 15.7. The number of aliphatic imine (C=N–C) groups is 1. The van der Waals surface area contributed by atoms with Crippen molar-refractivity contribution in [1.82, 2.24) is 5.32 Å². The number of hydrogen-bond donors (Lipinski definition) is 5. The summed E-state index contributed by atoms with van der Waals surface area (Å²) in [5.41, 5.74) is 12.6. The van der Waals surface area contributed by atoms with Crippen LogP contribution in [0.5, 0.6) is 0 Å². The Morgan fingerprint density at radius 3 is 2.58 bits per heavy atom. The lowest BCUT2D eigenvalue weighted by molar-refractivity contribution is -0.117. The molecule has 3 aromatic rings. The van der Waals surface area contributed by atoms with Crippen LogP contribution in [0.3, 0.4) is 0 Å². The van der Waals surface area contributed by atoms with Gasteiger partial charge < -0.3 is 21.9 Å². The Bertz CT molecular complexity index is 1280. The summed E-state index contributed by atoms with van der Waals surface area (Å²) in [7, 11) is 2.44. The quantitative estimate of drug-likeness (QED) is 0.0872. The maximum atomic E-state index is 13.5. The van der Waals surface area contributed by atoms with Crippen LogP contribution in [0, 0.1) is 17.0 Å². The van der Waals surface area contributed by atoms with Gasteiger partial charge in [0, 0.05) is 23.2 Å². The van der Waals surface area contributed by atoms with Crippen molar-refractivity contribution in [3.05, 3.63) is 87.3 Å². The molecule has 170 valence electrons. The van der Waals surface area contributed by atoms with Crippen molar-refractivity contribution in [2.24, 2.45) is 10.7 Å². The van der Waals surface area contributed by atoms with E-state index in [4.69, 9.17) is 16.9 Å². The number of hydrogen-bond acceptors (Lipinski definition) is 6. The van der Waals surface area contributed by atoms with E-state index in [-0.39, 0.29) is 23.7 Å². The third kappa shape index (κ3) is 5.79. The molecule has 1 atom stereocenters. The van der Waals surface area contributed by atoms with Gasteiger partial charge in [-0.25, -0.2) is 13.8 Å². The SMILES string of the molecule is N=C(/C(O)=C(\C(=O)NCc1ccc(F)c(F)c1)C(N)=Nc1ccc(N)cc1P)c1ccsc1. The number of nitrogens with zero attached hydrogens (tertiary/aromatic N) is 1. The van der Waals surface area contributed by atoms with Gasteiger partial charge in [0.2, 0.25) is 0 Å². The number of nitrogen functional groups attached to an aromatic ring is 1. The number of amides is 1. The van der Waals surface area contributed by atoms with Crippen LogP contribution in [0.4, 0.5) is 20.2 Å². The van der Waals surface area contributed by atoms with Crippen LogP contribution in [-0.2, 0) is 11.3 Å². The Morgan fingerprint density at radius 1 is 1.18 bits per heavy atom. The van der Waals surface area contributed by atoms with Gasteiger partial charge in [0.05, 0.1) is 5.69 Å². The zero-order valence-corrected chi connectivity index (χ0v) is 19.1. The highest BCUT2D eigenvalue weighted by atomic mass is 32.1. The maximum Gasteiger partial charge on any atom is 0.259 e. The highest BCUT2D eigenvalue weighted by Crippen LogP contribution is 2.19. The van der Waals surface area contributed by atoms with Crippen molar-refractivity contribution in [2.75, 3.05) is 5.73 Å². The highest BCUT2D eigenvalue weighted by Gasteiger charge is 2.23. The Morgan fingerprint density at radius 2 is 1.94 bits per heavy atom. The third-order valence-corrected chi connectivity index (χ3v) is 5.64. The van der Waals surface area contributed by atoms with Crippen molar-refractivity contribution < 1.29 is 18.7 Å². The molecule has 0 aliphatic carbocycles. The number of halogens is 2. The molecule has 1 heterocycles. The van der Waals surface area contributed by atoms with E-state index in [1.165, 1.54) is 17.4 Å². The van der Waals surface area contributed by atoms with E-state index in [0.717, 1.165) is 12.1 Å². The lowest BCUT2D eigenvalue weighted by Crippen LogP contribution is -2.34. The summed E-state index contributed by atoms with van der Waals surface area (Å²) < 4.78 is 26.6. The number of nitrogens with two attached hydrogens (primary N) is 2. The molecule has 0 saturated carbocycles. The van der Waals surface area contributed by atoms with Crippen LogP contribution >= 0.6 is 20.6 Å². The number of allylic oxidation sites excluding steroid dienone is 1. The molecule has 0 aliphatic heterocycles. The van der Waals surface area contributed by atoms with Crippen LogP contribution in [-0.4, -0.2) is 22.6 Å². The first-order valence-electron chi connectivity index (χ1n) is 9.43. The molecular formula is C22H20F2N5O2PS. The summed E-state index contributed by atoms with van der Waals surface area (Å²) in [4.78, 5) is 17.2. The number of nitrogens with one attached hydrogen (secondary N) is 2. The number of aliphatic hydroxyl groups excluding tert-OH is 1. The number of rotatable bonds is 7. The molecule has 0 radical (unpaired) electrons. The van der Waals surface area contributed by atoms with Crippen LogP contribution in [0.2, 0.25) is 0 Å². The normalized spacial score (nSPS) is 12.3. The molecule has 1 aromatic heterocycles. The summed E-state index contributed by atoms with van der Waals surface area (Å²) in [6.45, 7) is -0.178. The lowest BCUT2D eigenvalue weighted by Gasteiger charge is -2.13. The number of aliphatic hydroxyl groups is 1. The first kappa shape index (κ1) is 24.0. The van der Waals surface area contributed by atoms with Crippen molar-refractivity contribution in [3.8, 4) is 0 Å². The number of benzene rings is 2. The van der Waals surface area contributed by atoms with Gasteiger partial charge in [0.1, 0.15) is 17.1 Å². The molecule has 0 bridgehead atoms. The molecule has 7 N–H and O–H groups in total. The van der Waals surface area contributed by atoms with Crippen molar-refractivity contribution in [2.45, 2.75) is 6.54 Å². The van der Waals surface area contributed by atoms with Gasteiger partial charge in [0.25, 0.3) is 5.91 Å². The minimum absolute atomic E-state index is 0.178. The van der Waals surface area contributed by atoms with Gasteiger partial charge in [-0.05, 0) is 52.6 Å². The largest absolute Gasteiger partial charge is 0.505 e. The van der Waals surface area contributed by atoms with E-state index < -0.39 is 28.9 Å². The van der Waals surface area contributed by atoms with E-state index in [9.17, 15) is 18.7 Å². The summed E-state index contributed by atoms with van der Waals surface area (Å²) in [5, 5.41) is 25.5. The average Bonchev–Trinajstić information content (AvgIpc) is 3.31. The highest BCUT2D eigenvalue weighted by molar-refractivity contribution is 7.28. The fourth-order valence-electron chi connectivity index (χ4n) is 2.79. The lowest BCUT2D eigenvalue weighted by atomic mass is 10.1. The summed E-state index contributed by atoms with van der Waals surface area (Å²) in [5.74, 6) is -3.95. The van der Waals surface area contributed by atoms with Gasteiger partial charge in [-0.15, -0.1) is 9.24 Å². The summed E-state index contributed by atoms with van der Waals surface area (Å²) >= 11 is 1.31. The molecule has 0 fully saturated rings. The molecule has 11 heteroatoms. The Hall–Kier alpha value is -3.62. The number of anilines is 1. The fourth-order valence-corrected chi connectivity index (χ4v) is 3.79. The van der Waals surface area contributed by atoms with Gasteiger partial charge in [-0.2, -0.15) is 11.3 Å². The molecule has 2 aromatic carbocycles. The molecule has 3 rings (SSSR count). The predicted molar refractivity (Wildman–Crippen MR) is 130 cm³/mol. The van der Waals surface area contributed by atoms with Crippen molar-refractivity contribution in [3.63, 3.8) is 0 Å². The van der Waals surface area contributed by atoms with E-state index in [0.29, 0.717) is 22.2 Å². The average molecular weight is 487 g/mol. The van der Waals surface area contributed by atoms with E-state index in [1.54, 1.807) is 35.0 Å². The minimum atomic E-state index is -1.06. The first-order valence-corrected chi connectivity index (χ1v) is 11.0. The predicted octanol–water partition coefficient (Wildman–Crippen LogP) is 3.29. The molecule has 33 heavy (non-hydrogen) atoms. The number of amidine groups is 1. The molecule has 1 amide bonds. The Balaban J connectivity index is 1.97. The van der Waals surface area contributed by atoms with Crippen molar-refractivity contribution in [1.29, 1.82) is 5.41 Å². The molecule has 0 aliphatic rings. The second-order valence-corrected chi connectivity index (χ2v) is 8.26. The minimum Gasteiger partial charge on any atom is -0.505 e. The van der Waals surface area contributed by atoms with E-state index in [1.807, 2.05) is 0 Å². The van der Waals surface area contributed by atoms with Crippen LogP contribution in [0.25, 0.3) is 0 Å². The van der Waals surface area contributed by atoms with Crippen LogP contribution in [0.15, 0.2) is 69.5 Å². The Kier molecular flexibility index (Phi) is 7.52. The van der Waals surface area contributed by atoms with Crippen LogP contribution in [0.1, 0.15) is 11.1 Å². The number of thiophene rings is 1. The van der Waals surface area contributed by atoms with Gasteiger partial charge >= 0.3 is 0 Å². The van der Waals surface area contributed by atoms with E-state index in [2.05, 4.69) is 19.5 Å². The smallest absolute Gasteiger partial charge is 0.259 e. The zero-order valence-electron chi connectivity index (χ0n) is 17.1. The molecular weight excluding hydrogens is 467 g/mol. The molecule has 0 spiro atoms. The van der Waals surface area contributed by atoms with E-state index >= 15 is 0 Å². The fraction of sp³-hybridized carbons (Fsp3) is 0.0455. The number of carbonyl (C=O) groups excluding carboxylic acids is 1. The van der Waals surface area contributed by atoms with Crippen molar-refractivity contribution >= 4 is 54.7 Å². The molecule has 1 unspecified atom stereocenters. The zero-order chi connectivity index (χ0) is 24.1. The van der Waals surface area contributed by atoms with Gasteiger partial charge in [-0.1, -0.05) is 6.07 Å². The summed E-state index contributed by atoms with van der Waals surface area (Å²) in [6, 6.07) is 9.61. The maximum absolute atomic E-state index is 13.5. The third-order valence-electron chi connectivity index (χ3n) is 4.50. The monoisotopic (exact) mass is 487 g/mol.